The van der Waals surface area contributed by atoms with E-state index in [4.69, 9.17) is 4.74 Å². The van der Waals surface area contributed by atoms with Crippen molar-refractivity contribution >= 4 is 5.96 Å². The van der Waals surface area contributed by atoms with Gasteiger partial charge in [0.15, 0.2) is 5.96 Å². The van der Waals surface area contributed by atoms with Crippen LogP contribution in [0.2, 0.25) is 0 Å². The van der Waals surface area contributed by atoms with Crippen molar-refractivity contribution in [2.75, 3.05) is 20.8 Å². The third-order valence-electron chi connectivity index (χ3n) is 2.38. The molecule has 0 aliphatic heterocycles. The van der Waals surface area contributed by atoms with E-state index in [-0.39, 0.29) is 6.04 Å². The van der Waals surface area contributed by atoms with Gasteiger partial charge in [-0.25, -0.2) is 0 Å². The van der Waals surface area contributed by atoms with Gasteiger partial charge < -0.3 is 15.4 Å². The maximum Gasteiger partial charge on any atom is 0.191 e. The minimum atomic E-state index is 0.220. The summed E-state index contributed by atoms with van der Waals surface area (Å²) >= 11 is 0. The zero-order valence-corrected chi connectivity index (χ0v) is 10.9. The first-order valence-electron chi connectivity index (χ1n) is 5.60. The van der Waals surface area contributed by atoms with Gasteiger partial charge in [0.1, 0.15) is 0 Å². The number of aliphatic imine (C=N–C) groups is 1. The van der Waals surface area contributed by atoms with Gasteiger partial charge in [-0.3, -0.25) is 9.67 Å². The number of nitrogens with one attached hydrogen (secondary N) is 2. The van der Waals surface area contributed by atoms with Gasteiger partial charge in [0.05, 0.1) is 18.8 Å². The molecule has 96 valence electrons. The topological polar surface area (TPSA) is 63.5 Å². The third-order valence-corrected chi connectivity index (χ3v) is 2.38. The lowest BCUT2D eigenvalue weighted by Crippen LogP contribution is -2.43. The lowest BCUT2D eigenvalue weighted by atomic mass is 10.3. The summed E-state index contributed by atoms with van der Waals surface area (Å²) in [6.07, 6.45) is 1.78. The van der Waals surface area contributed by atoms with Crippen molar-refractivity contribution in [1.82, 2.24) is 20.4 Å². The van der Waals surface area contributed by atoms with Crippen molar-refractivity contribution in [1.29, 1.82) is 0 Å². The summed E-state index contributed by atoms with van der Waals surface area (Å²) < 4.78 is 6.89. The quantitative estimate of drug-likeness (QED) is 0.566. The molecule has 1 heterocycles. The molecule has 2 N–H and O–H groups in total. The average molecular weight is 239 g/mol. The summed E-state index contributed by atoms with van der Waals surface area (Å²) in [5.74, 6) is 0.760. The molecule has 6 heteroatoms. The Labute approximate surface area is 102 Å². The SMILES string of the molecule is CN=C(NCc1ccnn1C)NC(C)COC. The van der Waals surface area contributed by atoms with Crippen LogP contribution in [0.25, 0.3) is 0 Å². The first-order chi connectivity index (χ1) is 8.17. The maximum atomic E-state index is 5.06. The van der Waals surface area contributed by atoms with Gasteiger partial charge in [-0.15, -0.1) is 0 Å². The van der Waals surface area contributed by atoms with Gasteiger partial charge >= 0.3 is 0 Å². The number of nitrogens with zero attached hydrogens (tertiary/aromatic N) is 3. The fourth-order valence-electron chi connectivity index (χ4n) is 1.47. The van der Waals surface area contributed by atoms with Gasteiger partial charge in [0, 0.05) is 33.4 Å². The van der Waals surface area contributed by atoms with E-state index >= 15 is 0 Å². The Morgan fingerprint density at radius 2 is 2.41 bits per heavy atom. The maximum absolute atomic E-state index is 5.06. The Bertz CT molecular complexity index is 360. The highest BCUT2D eigenvalue weighted by Gasteiger charge is 2.05. The first-order valence-corrected chi connectivity index (χ1v) is 5.60. The molecule has 0 radical (unpaired) electrons. The van der Waals surface area contributed by atoms with Crippen LogP contribution in [0.5, 0.6) is 0 Å². The molecule has 0 aromatic carbocycles. The molecule has 1 atom stereocenters. The van der Waals surface area contributed by atoms with Crippen LogP contribution in [0.1, 0.15) is 12.6 Å². The van der Waals surface area contributed by atoms with Crippen molar-refractivity contribution < 1.29 is 4.74 Å². The van der Waals surface area contributed by atoms with Crippen LogP contribution in [0, 0.1) is 0 Å². The summed E-state index contributed by atoms with van der Waals surface area (Å²) in [6, 6.07) is 2.19. The zero-order valence-electron chi connectivity index (χ0n) is 10.9. The second-order valence-corrected chi connectivity index (χ2v) is 3.87. The summed E-state index contributed by atoms with van der Waals surface area (Å²) in [5.41, 5.74) is 1.10. The van der Waals surface area contributed by atoms with Crippen LogP contribution in [0.4, 0.5) is 0 Å². The summed E-state index contributed by atoms with van der Waals surface area (Å²) in [4.78, 5) is 4.15. The number of aryl methyl sites for hydroxylation is 1. The highest BCUT2D eigenvalue weighted by Crippen LogP contribution is 1.94. The molecule has 0 aliphatic rings. The van der Waals surface area contributed by atoms with Crippen molar-refractivity contribution in [3.63, 3.8) is 0 Å². The van der Waals surface area contributed by atoms with Crippen molar-refractivity contribution in [3.8, 4) is 0 Å². The highest BCUT2D eigenvalue weighted by molar-refractivity contribution is 5.79. The Balaban J connectivity index is 2.41. The second kappa shape index (κ2) is 6.90. The zero-order chi connectivity index (χ0) is 12.7. The molecule has 1 aromatic rings. The molecular formula is C11H21N5O. The van der Waals surface area contributed by atoms with E-state index < -0.39 is 0 Å². The number of aromatic nitrogens is 2. The summed E-state index contributed by atoms with van der Waals surface area (Å²) in [6.45, 7) is 3.38. The van der Waals surface area contributed by atoms with Gasteiger partial charge in [-0.2, -0.15) is 5.10 Å². The molecule has 0 spiro atoms. The minimum absolute atomic E-state index is 0.220. The fraction of sp³-hybridized carbons (Fsp3) is 0.636. The van der Waals surface area contributed by atoms with Crippen LogP contribution < -0.4 is 10.6 Å². The average Bonchev–Trinajstić information content (AvgIpc) is 2.70. The van der Waals surface area contributed by atoms with Crippen LogP contribution in [0.15, 0.2) is 17.3 Å². The Morgan fingerprint density at radius 1 is 1.65 bits per heavy atom. The molecule has 1 unspecified atom stereocenters. The van der Waals surface area contributed by atoms with Gasteiger partial charge in [-0.1, -0.05) is 0 Å². The van der Waals surface area contributed by atoms with E-state index in [0.717, 1.165) is 11.7 Å². The predicted molar refractivity (Wildman–Crippen MR) is 67.9 cm³/mol. The number of rotatable bonds is 5. The second-order valence-electron chi connectivity index (χ2n) is 3.87. The molecule has 0 aliphatic carbocycles. The first kappa shape index (κ1) is 13.5. The summed E-state index contributed by atoms with van der Waals surface area (Å²) in [5, 5.41) is 10.6. The molecule has 1 aromatic heterocycles. The molecule has 0 amide bonds. The fourth-order valence-corrected chi connectivity index (χ4v) is 1.47. The summed E-state index contributed by atoms with van der Waals surface area (Å²) in [7, 11) is 5.35. The number of hydrogen-bond acceptors (Lipinski definition) is 3. The third kappa shape index (κ3) is 4.44. The van der Waals surface area contributed by atoms with E-state index in [9.17, 15) is 0 Å². The molecule has 0 fully saturated rings. The molecule has 17 heavy (non-hydrogen) atoms. The molecule has 6 nitrogen and oxygen atoms in total. The van der Waals surface area contributed by atoms with Crippen LogP contribution in [-0.4, -0.2) is 42.5 Å². The minimum Gasteiger partial charge on any atom is -0.383 e. The van der Waals surface area contributed by atoms with E-state index in [1.165, 1.54) is 0 Å². The molecule has 0 saturated carbocycles. The van der Waals surface area contributed by atoms with E-state index in [2.05, 4.69) is 20.7 Å². The van der Waals surface area contributed by atoms with E-state index in [1.54, 1.807) is 20.4 Å². The highest BCUT2D eigenvalue weighted by atomic mass is 16.5. The number of hydrogen-bond donors (Lipinski definition) is 2. The lowest BCUT2D eigenvalue weighted by molar-refractivity contribution is 0.179. The Morgan fingerprint density at radius 3 is 2.94 bits per heavy atom. The smallest absolute Gasteiger partial charge is 0.191 e. The largest absolute Gasteiger partial charge is 0.383 e. The van der Waals surface area contributed by atoms with Crippen molar-refractivity contribution in [2.45, 2.75) is 19.5 Å². The molecule has 0 bridgehead atoms. The Hall–Kier alpha value is -1.56. The molecule has 0 saturated heterocycles. The number of ether oxygens (including phenoxy) is 1. The van der Waals surface area contributed by atoms with Gasteiger partial charge in [0.25, 0.3) is 0 Å². The van der Waals surface area contributed by atoms with Crippen molar-refractivity contribution in [3.05, 3.63) is 18.0 Å². The molecular weight excluding hydrogens is 218 g/mol. The van der Waals surface area contributed by atoms with Crippen LogP contribution in [-0.2, 0) is 18.3 Å². The monoisotopic (exact) mass is 239 g/mol. The van der Waals surface area contributed by atoms with E-state index in [0.29, 0.717) is 13.2 Å². The normalized spacial score (nSPS) is 13.5. The standard InChI is InChI=1S/C11H21N5O/c1-9(8-17-4)15-11(12-2)13-7-10-5-6-14-16(10)3/h5-6,9H,7-8H2,1-4H3,(H2,12,13,15). The lowest BCUT2D eigenvalue weighted by Gasteiger charge is -2.17. The van der Waals surface area contributed by atoms with Crippen LogP contribution in [0.3, 0.4) is 0 Å². The number of methoxy groups -OCH3 is 1. The Kier molecular flexibility index (Phi) is 5.48. The number of guanidine groups is 1. The van der Waals surface area contributed by atoms with Gasteiger partial charge in [-0.05, 0) is 13.0 Å². The predicted octanol–water partition coefficient (Wildman–Crippen LogP) is 0.120. The molecule has 1 rings (SSSR count). The van der Waals surface area contributed by atoms with Crippen LogP contribution >= 0.6 is 0 Å². The van der Waals surface area contributed by atoms with Crippen molar-refractivity contribution in [2.24, 2.45) is 12.0 Å². The van der Waals surface area contributed by atoms with Gasteiger partial charge in [0.2, 0.25) is 0 Å². The van der Waals surface area contributed by atoms with E-state index in [1.807, 2.05) is 24.7 Å².